The third-order valence-electron chi connectivity index (χ3n) is 5.38. The van der Waals surface area contributed by atoms with Crippen LogP contribution in [0.3, 0.4) is 0 Å². The van der Waals surface area contributed by atoms with E-state index in [1.54, 1.807) is 0 Å². The lowest BCUT2D eigenvalue weighted by Gasteiger charge is -2.20. The first-order valence-electron chi connectivity index (χ1n) is 11.0. The van der Waals surface area contributed by atoms with Gasteiger partial charge in [-0.05, 0) is 48.2 Å². The van der Waals surface area contributed by atoms with E-state index in [-0.39, 0.29) is 29.5 Å². The first kappa shape index (κ1) is 25.9. The molecule has 3 aromatic rings. The van der Waals surface area contributed by atoms with Crippen LogP contribution in [0.4, 0.5) is 5.69 Å². The summed E-state index contributed by atoms with van der Waals surface area (Å²) < 4.78 is 34.6. The summed E-state index contributed by atoms with van der Waals surface area (Å²) in [7, 11) is -2.85. The fraction of sp³-hybridized carbons (Fsp3) is 0.231. The number of hydrogen-bond donors (Lipinski definition) is 3. The Morgan fingerprint density at radius 2 is 1.66 bits per heavy atom. The van der Waals surface area contributed by atoms with Crippen molar-refractivity contribution in [3.63, 3.8) is 0 Å². The van der Waals surface area contributed by atoms with E-state index in [2.05, 4.69) is 15.4 Å². The van der Waals surface area contributed by atoms with Crippen molar-refractivity contribution in [3.05, 3.63) is 89.5 Å². The van der Waals surface area contributed by atoms with E-state index in [9.17, 15) is 18.0 Å². The number of methoxy groups -OCH3 is 1. The van der Waals surface area contributed by atoms with E-state index in [4.69, 9.17) is 4.74 Å². The third-order valence-corrected chi connectivity index (χ3v) is 6.88. The van der Waals surface area contributed by atoms with Gasteiger partial charge in [0.25, 0.3) is 0 Å². The van der Waals surface area contributed by atoms with Crippen molar-refractivity contribution in [1.82, 2.24) is 10.0 Å². The van der Waals surface area contributed by atoms with Crippen LogP contribution in [-0.2, 0) is 32.6 Å². The molecule has 184 valence electrons. The normalized spacial score (nSPS) is 12.0. The zero-order valence-electron chi connectivity index (χ0n) is 19.9. The smallest absolute Gasteiger partial charge is 0.245 e. The number of sulfonamides is 1. The molecule has 9 heteroatoms. The van der Waals surface area contributed by atoms with Gasteiger partial charge in [0.2, 0.25) is 21.8 Å². The molecule has 1 atom stereocenters. The van der Waals surface area contributed by atoms with Gasteiger partial charge in [-0.2, -0.15) is 4.72 Å². The third kappa shape index (κ3) is 7.14. The Bertz CT molecular complexity index is 1290. The van der Waals surface area contributed by atoms with Crippen molar-refractivity contribution in [2.45, 2.75) is 37.8 Å². The summed E-state index contributed by atoms with van der Waals surface area (Å²) in [6.07, 6.45) is 0.146. The topological polar surface area (TPSA) is 114 Å². The Balaban J connectivity index is 1.89. The highest BCUT2D eigenvalue weighted by atomic mass is 32.2. The quantitative estimate of drug-likeness (QED) is 0.400. The minimum absolute atomic E-state index is 0.0883. The van der Waals surface area contributed by atoms with Gasteiger partial charge in [-0.25, -0.2) is 8.42 Å². The van der Waals surface area contributed by atoms with Crippen LogP contribution in [0.5, 0.6) is 5.75 Å². The largest absolute Gasteiger partial charge is 0.495 e. The number of carbonyl (C=O) groups is 2. The summed E-state index contributed by atoms with van der Waals surface area (Å²) in [6.45, 7) is 3.53. The van der Waals surface area contributed by atoms with Crippen LogP contribution in [0.15, 0.2) is 77.7 Å². The SMILES string of the molecule is COc1ccc(NC(C)=O)cc1S(=O)(=O)N[C@H](Cc1ccccc1)C(=O)NCc1ccccc1C. The summed E-state index contributed by atoms with van der Waals surface area (Å²) in [5, 5.41) is 5.41. The first-order valence-corrected chi connectivity index (χ1v) is 12.5. The molecular formula is C26H29N3O5S. The lowest BCUT2D eigenvalue weighted by atomic mass is 10.1. The molecule has 0 unspecified atom stereocenters. The second-order valence-electron chi connectivity index (χ2n) is 8.05. The molecule has 2 amide bonds. The number of carbonyl (C=O) groups excluding carboxylic acids is 2. The molecule has 0 saturated heterocycles. The summed E-state index contributed by atoms with van der Waals surface area (Å²) in [6, 6.07) is 20.0. The number of aryl methyl sites for hydroxylation is 1. The molecule has 0 heterocycles. The molecule has 0 aliphatic carbocycles. The minimum atomic E-state index is -4.20. The maximum absolute atomic E-state index is 13.4. The number of anilines is 1. The van der Waals surface area contributed by atoms with Gasteiger partial charge in [0.15, 0.2) is 0 Å². The molecule has 3 rings (SSSR count). The van der Waals surface area contributed by atoms with Gasteiger partial charge in [-0.1, -0.05) is 54.6 Å². The molecule has 0 radical (unpaired) electrons. The zero-order valence-corrected chi connectivity index (χ0v) is 20.7. The van der Waals surface area contributed by atoms with Gasteiger partial charge >= 0.3 is 0 Å². The Morgan fingerprint density at radius 1 is 0.971 bits per heavy atom. The lowest BCUT2D eigenvalue weighted by molar-refractivity contribution is -0.122. The van der Waals surface area contributed by atoms with Gasteiger partial charge in [0.05, 0.1) is 7.11 Å². The van der Waals surface area contributed by atoms with Crippen LogP contribution in [0.25, 0.3) is 0 Å². The van der Waals surface area contributed by atoms with Crippen LogP contribution in [0.1, 0.15) is 23.6 Å². The average molecular weight is 496 g/mol. The monoisotopic (exact) mass is 495 g/mol. The van der Waals surface area contributed by atoms with Gasteiger partial charge < -0.3 is 15.4 Å². The molecule has 8 nitrogen and oxygen atoms in total. The Labute approximate surface area is 205 Å². The summed E-state index contributed by atoms with van der Waals surface area (Å²) in [5.41, 5.74) is 3.05. The maximum Gasteiger partial charge on any atom is 0.245 e. The molecule has 0 spiro atoms. The summed E-state index contributed by atoms with van der Waals surface area (Å²) in [5.74, 6) is -0.716. The second-order valence-corrected chi connectivity index (χ2v) is 9.74. The van der Waals surface area contributed by atoms with Gasteiger partial charge in [0.1, 0.15) is 16.7 Å². The van der Waals surface area contributed by atoms with Crippen LogP contribution < -0.4 is 20.1 Å². The standard InChI is InChI=1S/C26H29N3O5S/c1-18-9-7-8-12-21(18)17-27-26(31)23(15-20-10-5-4-6-11-20)29-35(32,33)25-16-22(28-19(2)30)13-14-24(25)34-3/h4-14,16,23,29H,15,17H2,1-3H3,(H,27,31)(H,28,30)/t23-/m1/s1. The van der Waals surface area contributed by atoms with Crippen LogP contribution in [0.2, 0.25) is 0 Å². The Hall–Kier alpha value is -3.69. The number of nitrogens with one attached hydrogen (secondary N) is 3. The lowest BCUT2D eigenvalue weighted by Crippen LogP contribution is -2.47. The molecule has 0 saturated carbocycles. The average Bonchev–Trinajstić information content (AvgIpc) is 2.83. The fourth-order valence-corrected chi connectivity index (χ4v) is 4.96. The highest BCUT2D eigenvalue weighted by molar-refractivity contribution is 7.89. The predicted molar refractivity (Wildman–Crippen MR) is 135 cm³/mol. The predicted octanol–water partition coefficient (Wildman–Crippen LogP) is 3.17. The van der Waals surface area contributed by atoms with Crippen LogP contribution in [0, 0.1) is 6.92 Å². The Kier molecular flexibility index (Phi) is 8.62. The molecule has 0 fully saturated rings. The highest BCUT2D eigenvalue weighted by Crippen LogP contribution is 2.27. The number of rotatable bonds is 10. The molecule has 3 aromatic carbocycles. The van der Waals surface area contributed by atoms with E-state index < -0.39 is 22.0 Å². The summed E-state index contributed by atoms with van der Waals surface area (Å²) in [4.78, 5) is 24.4. The molecule has 0 aromatic heterocycles. The molecular weight excluding hydrogens is 466 g/mol. The van der Waals surface area contributed by atoms with E-state index in [0.29, 0.717) is 5.69 Å². The van der Waals surface area contributed by atoms with Crippen molar-refractivity contribution in [3.8, 4) is 5.75 Å². The van der Waals surface area contributed by atoms with Gasteiger partial charge in [-0.15, -0.1) is 0 Å². The van der Waals surface area contributed by atoms with E-state index in [1.165, 1.54) is 32.2 Å². The molecule has 0 aliphatic rings. The summed E-state index contributed by atoms with van der Waals surface area (Å²) >= 11 is 0. The maximum atomic E-state index is 13.4. The van der Waals surface area contributed by atoms with Crippen molar-refractivity contribution in [2.75, 3.05) is 12.4 Å². The highest BCUT2D eigenvalue weighted by Gasteiger charge is 2.28. The molecule has 0 aliphatic heterocycles. The van der Waals surface area contributed by atoms with E-state index in [1.807, 2.05) is 61.5 Å². The molecule has 35 heavy (non-hydrogen) atoms. The number of amides is 2. The number of hydrogen-bond acceptors (Lipinski definition) is 5. The zero-order chi connectivity index (χ0) is 25.4. The number of ether oxygens (including phenoxy) is 1. The van der Waals surface area contributed by atoms with Gasteiger partial charge in [-0.3, -0.25) is 9.59 Å². The van der Waals surface area contributed by atoms with E-state index >= 15 is 0 Å². The molecule has 3 N–H and O–H groups in total. The minimum Gasteiger partial charge on any atom is -0.495 e. The fourth-order valence-electron chi connectivity index (χ4n) is 3.57. The van der Waals surface area contributed by atoms with Gasteiger partial charge in [0, 0.05) is 19.2 Å². The van der Waals surface area contributed by atoms with Crippen molar-refractivity contribution < 1.29 is 22.7 Å². The van der Waals surface area contributed by atoms with Crippen molar-refractivity contribution >= 4 is 27.5 Å². The van der Waals surface area contributed by atoms with Crippen molar-refractivity contribution in [1.29, 1.82) is 0 Å². The number of benzene rings is 3. The van der Waals surface area contributed by atoms with Crippen LogP contribution >= 0.6 is 0 Å². The Morgan fingerprint density at radius 3 is 2.31 bits per heavy atom. The van der Waals surface area contributed by atoms with Crippen LogP contribution in [-0.4, -0.2) is 33.4 Å². The second kappa shape index (κ2) is 11.6. The van der Waals surface area contributed by atoms with Crippen molar-refractivity contribution in [2.24, 2.45) is 0 Å². The van der Waals surface area contributed by atoms with E-state index in [0.717, 1.165) is 16.7 Å². The first-order chi connectivity index (χ1) is 16.7. The molecule has 0 bridgehead atoms.